The average molecular weight is 3430 g/mol. The van der Waals surface area contributed by atoms with Gasteiger partial charge in [-0.2, -0.15) is 0 Å². The van der Waals surface area contributed by atoms with E-state index in [0.29, 0.717) is 0 Å². The summed E-state index contributed by atoms with van der Waals surface area (Å²) in [5.41, 5.74) is 0. The molecular formula is Mo20Na10O80-30. The molecule has 0 rings (SSSR count). The van der Waals surface area contributed by atoms with Crippen LogP contribution in [-0.4, -0.2) is 0 Å². The van der Waals surface area contributed by atoms with Crippen LogP contribution in [0.4, 0.5) is 0 Å². The molecule has 0 aromatic carbocycles. The van der Waals surface area contributed by atoms with Crippen LogP contribution in [0.3, 0.4) is 0 Å². The van der Waals surface area contributed by atoms with Crippen LogP contribution in [0.25, 0.3) is 0 Å². The van der Waals surface area contributed by atoms with Gasteiger partial charge in [-0.25, -0.2) is 0 Å². The summed E-state index contributed by atoms with van der Waals surface area (Å²) in [6.07, 6.45) is 0. The minimum absolute atomic E-state index is 0. The normalized spacial score (nSPS) is 10.5. The standard InChI is InChI=1S/20Mo.10Na.80O/q;;;;;;;;;;;;;;;;;;;;10*+1;;;;;;;;;;;;;;;;;;;;;;;;;;;;;;;;;;;;;;;;;40*-1. The molecule has 0 N–H and O–H groups in total. The number of rotatable bonds is 0. The Bertz CT molecular complexity index is 3080. The zero-order valence-electron chi connectivity index (χ0n) is 50.8. The molecule has 0 fully saturated rings. The first-order chi connectivity index (χ1) is 40.0. The molecule has 0 aromatic heterocycles. The zero-order valence-corrected chi connectivity index (χ0v) is 111. The van der Waals surface area contributed by atoms with Gasteiger partial charge < -0.3 is 0 Å². The SMILES string of the molecule is [Na+].[Na+].[Na+].[Na+].[Na+].[Na+].[Na+].[Na+].[Na+].[Na+].[O]=[Mo](=[O])([O-])[O-].[O]=[Mo](=[O])([O-])[O-].[O]=[Mo](=[O])([O-])[O-].[O]=[Mo](=[O])([O-])[O-].[O]=[Mo](=[O])([O-])[O-].[O]=[Mo](=[O])([O-])[O-].[O]=[Mo](=[O])([O-])[O-].[O]=[Mo](=[O])([O-])[O-].[O]=[Mo](=[O])([O-])[O-].[O]=[Mo](=[O])([O-])[O-].[O]=[Mo](=[O])([O-])[O-].[O]=[Mo](=[O])([O-])[O-].[O]=[Mo](=[O])([O-])[O-].[O]=[Mo](=[O])([O-])[O-].[O]=[Mo](=[O])([O-])[O-].[O]=[Mo](=[O])([O-])[O-].[O]=[Mo](=[O])([O-])[O-].[O]=[Mo](=[O])([O-])[O-].[O]=[Mo](=[O])([O-])[O-].[O]=[Mo](=[O])([O-])[O-]. The quantitative estimate of drug-likeness (QED) is 0.203. The molecule has 110 heteroatoms. The van der Waals surface area contributed by atoms with Gasteiger partial charge in [0.1, 0.15) is 0 Å². The molecule has 0 saturated carbocycles. The molecule has 0 aliphatic carbocycles. The maximum atomic E-state index is 8.63. The first kappa shape index (κ1) is 212. The molecule has 0 amide bonds. The van der Waals surface area contributed by atoms with E-state index < -0.39 is 335 Å². The van der Waals surface area contributed by atoms with E-state index in [0.717, 1.165) is 0 Å². The van der Waals surface area contributed by atoms with Crippen molar-refractivity contribution >= 4 is 0 Å². The van der Waals surface area contributed by atoms with Crippen LogP contribution < -0.4 is 446 Å². The first-order valence-electron chi connectivity index (χ1n) is 13.3. The summed E-state index contributed by atoms with van der Waals surface area (Å²) in [4.78, 5) is 0. The van der Waals surface area contributed by atoms with E-state index in [4.69, 9.17) is 286 Å². The molecule has 0 aliphatic heterocycles. The topological polar surface area (TPSA) is 1610 Å². The van der Waals surface area contributed by atoms with E-state index in [9.17, 15) is 0 Å². The Kier molecular flexibility index (Phi) is 197. The first-order valence-corrected chi connectivity index (χ1v) is 78.9. The van der Waals surface area contributed by atoms with Gasteiger partial charge in [0, 0.05) is 0 Å². The van der Waals surface area contributed by atoms with Crippen molar-refractivity contribution in [1.82, 2.24) is 0 Å². The second-order valence-electron chi connectivity index (χ2n) is 8.16. The molecule has 80 nitrogen and oxygen atoms in total. The molecule has 0 spiro atoms. The molecule has 110 heavy (non-hydrogen) atoms. The van der Waals surface area contributed by atoms with Crippen molar-refractivity contribution in [2.75, 3.05) is 0 Å². The summed E-state index contributed by atoms with van der Waals surface area (Å²) in [7, 11) is 0. The van der Waals surface area contributed by atoms with E-state index >= 15 is 0 Å². The molecule has 640 valence electrons. The fourth-order valence-corrected chi connectivity index (χ4v) is 0. The summed E-state index contributed by atoms with van der Waals surface area (Å²) in [5, 5.41) is 0. The van der Waals surface area contributed by atoms with E-state index in [1.54, 1.807) is 0 Å². The predicted octanol–water partition coefficient (Wildman–Crippen LogP) is -82.3. The van der Waals surface area contributed by atoms with Gasteiger partial charge in [0.05, 0.1) is 0 Å². The Morgan fingerprint density at radius 1 is 0.0636 bits per heavy atom. The monoisotopic (exact) mass is 3470 g/mol. The van der Waals surface area contributed by atoms with Gasteiger partial charge in [0.15, 0.2) is 0 Å². The molecule has 0 unspecified atom stereocenters. The van der Waals surface area contributed by atoms with Gasteiger partial charge in [-0.05, 0) is 0 Å². The Labute approximate surface area is 894 Å². The van der Waals surface area contributed by atoms with Crippen molar-refractivity contribution in [2.45, 2.75) is 0 Å². The van der Waals surface area contributed by atoms with Gasteiger partial charge in [-0.15, -0.1) is 0 Å². The second-order valence-corrected chi connectivity index (χ2v) is 48.3. The Hall–Kier alpha value is 14.2. The molecule has 0 aromatic rings. The number of hydrogen-bond donors (Lipinski definition) is 0. The van der Waals surface area contributed by atoms with Crippen LogP contribution in [0.5, 0.6) is 0 Å². The predicted molar refractivity (Wildman–Crippen MR) is 27.5 cm³/mol. The summed E-state index contributed by atoms with van der Waals surface area (Å²) in [6, 6.07) is 0. The Morgan fingerprint density at radius 2 is 0.0636 bits per heavy atom. The van der Waals surface area contributed by atoms with E-state index in [1.165, 1.54) is 0 Å². The number of hydrogen-bond acceptors (Lipinski definition) is 80. The van der Waals surface area contributed by atoms with Crippen molar-refractivity contribution < 1.29 is 917 Å². The van der Waals surface area contributed by atoms with Gasteiger partial charge in [-0.1, -0.05) is 0 Å². The second kappa shape index (κ2) is 102. The van der Waals surface area contributed by atoms with E-state index in [2.05, 4.69) is 0 Å². The minimum atomic E-state index is -6.02. The van der Waals surface area contributed by atoms with Crippen molar-refractivity contribution in [2.24, 2.45) is 0 Å². The van der Waals surface area contributed by atoms with Crippen molar-refractivity contribution in [1.29, 1.82) is 0 Å². The Balaban J connectivity index is -0.0000000218. The Morgan fingerprint density at radius 3 is 0.0636 bits per heavy atom. The fraction of sp³-hybridized carbons (Fsp3) is 0. The van der Waals surface area contributed by atoms with Gasteiger partial charge in [0.25, 0.3) is 0 Å². The average Bonchev–Trinajstić information content (AvgIpc) is 2.87. The van der Waals surface area contributed by atoms with Gasteiger partial charge >= 0.3 is 917 Å². The molecule has 0 saturated heterocycles. The van der Waals surface area contributed by atoms with Crippen LogP contribution in [-0.2, 0) is 471 Å². The molecular weight excluding hydrogens is 3430 g/mol. The molecule has 0 atom stereocenters. The van der Waals surface area contributed by atoms with Crippen molar-refractivity contribution in [3.8, 4) is 0 Å². The van der Waals surface area contributed by atoms with Gasteiger partial charge in [0.2, 0.25) is 0 Å². The van der Waals surface area contributed by atoms with Gasteiger partial charge in [-0.3, -0.25) is 0 Å². The van der Waals surface area contributed by atoms with E-state index in [1.807, 2.05) is 0 Å². The molecule has 0 aliphatic rings. The summed E-state index contributed by atoms with van der Waals surface area (Å²) in [5.74, 6) is 0. The molecule has 0 radical (unpaired) electrons. The fourth-order valence-electron chi connectivity index (χ4n) is 0. The summed E-state index contributed by atoms with van der Waals surface area (Å²) >= 11 is -120. The zero-order chi connectivity index (χ0) is 90.0. The van der Waals surface area contributed by atoms with Crippen molar-refractivity contribution in [3.63, 3.8) is 0 Å². The van der Waals surface area contributed by atoms with Crippen LogP contribution in [0.2, 0.25) is 0 Å². The van der Waals surface area contributed by atoms with Crippen molar-refractivity contribution in [3.05, 3.63) is 0 Å². The summed E-state index contributed by atoms with van der Waals surface area (Å²) in [6.45, 7) is 0. The molecule has 0 bridgehead atoms. The van der Waals surface area contributed by atoms with Crippen LogP contribution in [0, 0.1) is 0 Å². The van der Waals surface area contributed by atoms with E-state index in [-0.39, 0.29) is 296 Å². The summed E-state index contributed by atoms with van der Waals surface area (Å²) < 4.78 is 690. The maximum absolute atomic E-state index is 8.63. The molecule has 0 heterocycles. The third-order valence-electron chi connectivity index (χ3n) is 0. The third kappa shape index (κ3) is 8940. The van der Waals surface area contributed by atoms with Crippen LogP contribution in [0.1, 0.15) is 0 Å². The third-order valence-corrected chi connectivity index (χ3v) is 0. The van der Waals surface area contributed by atoms with Crippen LogP contribution >= 0.6 is 0 Å². The van der Waals surface area contributed by atoms with Crippen LogP contribution in [0.15, 0.2) is 0 Å².